The molecule has 1 aromatic heterocycles. The number of amides is 1. The molecular formula is C12H22N4O2. The van der Waals surface area contributed by atoms with E-state index in [1.165, 1.54) is 0 Å². The topological polar surface area (TPSA) is 71.3 Å². The van der Waals surface area contributed by atoms with Crippen LogP contribution in [0.2, 0.25) is 0 Å². The van der Waals surface area contributed by atoms with Crippen LogP contribution in [0.3, 0.4) is 0 Å². The maximum atomic E-state index is 11.7. The van der Waals surface area contributed by atoms with Crippen molar-refractivity contribution < 1.29 is 9.32 Å². The molecule has 0 unspecified atom stereocenters. The minimum Gasteiger partial charge on any atom is -0.353 e. The molecule has 0 aliphatic rings. The van der Waals surface area contributed by atoms with E-state index in [0.717, 1.165) is 13.0 Å². The van der Waals surface area contributed by atoms with Gasteiger partial charge in [0.15, 0.2) is 5.82 Å². The van der Waals surface area contributed by atoms with Crippen molar-refractivity contribution in [3.05, 3.63) is 11.7 Å². The molecule has 0 radical (unpaired) electrons. The standard InChI is InChI=1S/C12H22N4O2/c1-5-10-14-12(18-15-10)8-16(6-2)7-11(17)13-9(3)4/h9H,5-8H2,1-4H3,(H,13,17). The van der Waals surface area contributed by atoms with Gasteiger partial charge in [-0.2, -0.15) is 4.98 Å². The summed E-state index contributed by atoms with van der Waals surface area (Å²) < 4.78 is 5.12. The van der Waals surface area contributed by atoms with Crippen LogP contribution in [-0.4, -0.2) is 40.1 Å². The molecule has 0 bridgehead atoms. The number of aryl methyl sites for hydroxylation is 1. The zero-order chi connectivity index (χ0) is 13.5. The van der Waals surface area contributed by atoms with Crippen LogP contribution in [0.5, 0.6) is 0 Å². The Morgan fingerprint density at radius 3 is 2.67 bits per heavy atom. The molecule has 0 aliphatic carbocycles. The summed E-state index contributed by atoms with van der Waals surface area (Å²) in [6.07, 6.45) is 0.753. The van der Waals surface area contributed by atoms with E-state index in [1.54, 1.807) is 0 Å². The summed E-state index contributed by atoms with van der Waals surface area (Å²) in [6.45, 7) is 9.48. The second kappa shape index (κ2) is 7.10. The van der Waals surface area contributed by atoms with Gasteiger partial charge in [0.2, 0.25) is 11.8 Å². The predicted octanol–water partition coefficient (Wildman–Crippen LogP) is 0.978. The predicted molar refractivity (Wildman–Crippen MR) is 67.9 cm³/mol. The van der Waals surface area contributed by atoms with Crippen LogP contribution in [0.25, 0.3) is 0 Å². The molecule has 0 atom stereocenters. The van der Waals surface area contributed by atoms with Gasteiger partial charge in [-0.1, -0.05) is 19.0 Å². The maximum Gasteiger partial charge on any atom is 0.240 e. The molecule has 6 nitrogen and oxygen atoms in total. The van der Waals surface area contributed by atoms with Crippen molar-refractivity contribution in [3.63, 3.8) is 0 Å². The Morgan fingerprint density at radius 2 is 2.17 bits per heavy atom. The summed E-state index contributed by atoms with van der Waals surface area (Å²) in [7, 11) is 0. The minimum atomic E-state index is 0.0158. The number of hydrogen-bond donors (Lipinski definition) is 1. The summed E-state index contributed by atoms with van der Waals surface area (Å²) >= 11 is 0. The van der Waals surface area contributed by atoms with Gasteiger partial charge >= 0.3 is 0 Å². The third-order valence-electron chi connectivity index (χ3n) is 2.45. The summed E-state index contributed by atoms with van der Waals surface area (Å²) in [4.78, 5) is 17.9. The largest absolute Gasteiger partial charge is 0.353 e. The zero-order valence-electron chi connectivity index (χ0n) is 11.6. The highest BCUT2D eigenvalue weighted by Gasteiger charge is 2.13. The lowest BCUT2D eigenvalue weighted by Crippen LogP contribution is -2.39. The van der Waals surface area contributed by atoms with Crippen molar-refractivity contribution in [2.45, 2.75) is 46.7 Å². The number of nitrogens with one attached hydrogen (secondary N) is 1. The minimum absolute atomic E-state index is 0.0158. The van der Waals surface area contributed by atoms with Gasteiger partial charge in [0.05, 0.1) is 13.1 Å². The second-order valence-electron chi connectivity index (χ2n) is 4.48. The van der Waals surface area contributed by atoms with E-state index < -0.39 is 0 Å². The first-order chi connectivity index (χ1) is 8.55. The maximum absolute atomic E-state index is 11.7. The number of carbonyl (C=O) groups is 1. The third-order valence-corrected chi connectivity index (χ3v) is 2.45. The molecule has 1 heterocycles. The van der Waals surface area contributed by atoms with Gasteiger partial charge in [-0.05, 0) is 20.4 Å². The molecule has 1 aromatic rings. The Hall–Kier alpha value is -1.43. The van der Waals surface area contributed by atoms with Crippen LogP contribution in [0.4, 0.5) is 0 Å². The highest BCUT2D eigenvalue weighted by atomic mass is 16.5. The average molecular weight is 254 g/mol. The van der Waals surface area contributed by atoms with Gasteiger partial charge in [0.25, 0.3) is 0 Å². The summed E-state index contributed by atoms with van der Waals surface area (Å²) in [5.74, 6) is 1.28. The Bertz CT molecular complexity index is 376. The van der Waals surface area contributed by atoms with Crippen LogP contribution < -0.4 is 5.32 Å². The zero-order valence-corrected chi connectivity index (χ0v) is 11.6. The molecule has 0 aromatic carbocycles. The lowest BCUT2D eigenvalue weighted by molar-refractivity contribution is -0.122. The number of aromatic nitrogens is 2. The van der Waals surface area contributed by atoms with Gasteiger partial charge in [-0.15, -0.1) is 0 Å². The van der Waals surface area contributed by atoms with E-state index in [4.69, 9.17) is 4.52 Å². The SMILES string of the molecule is CCc1noc(CN(CC)CC(=O)NC(C)C)n1. The first-order valence-electron chi connectivity index (χ1n) is 6.38. The van der Waals surface area contributed by atoms with Crippen molar-refractivity contribution in [1.82, 2.24) is 20.4 Å². The molecule has 0 fully saturated rings. The molecule has 6 heteroatoms. The Kier molecular flexibility index (Phi) is 5.77. The van der Waals surface area contributed by atoms with Crippen LogP contribution in [-0.2, 0) is 17.8 Å². The monoisotopic (exact) mass is 254 g/mol. The number of rotatable bonds is 7. The van der Waals surface area contributed by atoms with Crippen molar-refractivity contribution in [2.24, 2.45) is 0 Å². The van der Waals surface area contributed by atoms with E-state index in [9.17, 15) is 4.79 Å². The first-order valence-corrected chi connectivity index (χ1v) is 6.38. The average Bonchev–Trinajstić information content (AvgIpc) is 2.74. The molecule has 1 rings (SSSR count). The summed E-state index contributed by atoms with van der Waals surface area (Å²) in [6, 6.07) is 0.159. The van der Waals surface area contributed by atoms with E-state index in [0.29, 0.717) is 24.8 Å². The number of carbonyl (C=O) groups excluding carboxylic acids is 1. The van der Waals surface area contributed by atoms with Crippen LogP contribution >= 0.6 is 0 Å². The summed E-state index contributed by atoms with van der Waals surface area (Å²) in [5, 5.41) is 6.70. The van der Waals surface area contributed by atoms with Crippen molar-refractivity contribution in [1.29, 1.82) is 0 Å². The Labute approximate surface area is 108 Å². The molecule has 0 saturated heterocycles. The molecule has 0 saturated carbocycles. The quantitative estimate of drug-likeness (QED) is 0.785. The Balaban J connectivity index is 2.48. The van der Waals surface area contributed by atoms with E-state index in [1.807, 2.05) is 32.6 Å². The van der Waals surface area contributed by atoms with Gasteiger partial charge in [0.1, 0.15) is 0 Å². The van der Waals surface area contributed by atoms with Crippen molar-refractivity contribution in [2.75, 3.05) is 13.1 Å². The highest BCUT2D eigenvalue weighted by molar-refractivity contribution is 5.78. The summed E-state index contributed by atoms with van der Waals surface area (Å²) in [5.41, 5.74) is 0. The second-order valence-corrected chi connectivity index (χ2v) is 4.48. The lowest BCUT2D eigenvalue weighted by atomic mass is 10.3. The first kappa shape index (κ1) is 14.6. The van der Waals surface area contributed by atoms with E-state index in [-0.39, 0.29) is 11.9 Å². The van der Waals surface area contributed by atoms with Crippen LogP contribution in [0.1, 0.15) is 39.4 Å². The van der Waals surface area contributed by atoms with E-state index >= 15 is 0 Å². The van der Waals surface area contributed by atoms with Gasteiger partial charge < -0.3 is 9.84 Å². The molecule has 1 amide bonds. The molecule has 0 aliphatic heterocycles. The molecule has 1 N–H and O–H groups in total. The Morgan fingerprint density at radius 1 is 1.44 bits per heavy atom. The highest BCUT2D eigenvalue weighted by Crippen LogP contribution is 2.03. The van der Waals surface area contributed by atoms with E-state index in [2.05, 4.69) is 15.5 Å². The fraction of sp³-hybridized carbons (Fsp3) is 0.750. The van der Waals surface area contributed by atoms with Gasteiger partial charge in [-0.3, -0.25) is 9.69 Å². The van der Waals surface area contributed by atoms with Crippen molar-refractivity contribution in [3.8, 4) is 0 Å². The smallest absolute Gasteiger partial charge is 0.240 e. The van der Waals surface area contributed by atoms with Crippen molar-refractivity contribution >= 4 is 5.91 Å². The molecule has 102 valence electrons. The van der Waals surface area contributed by atoms with Crippen LogP contribution in [0.15, 0.2) is 4.52 Å². The number of likely N-dealkylation sites (N-methyl/N-ethyl adjacent to an activating group) is 1. The molecule has 0 spiro atoms. The number of nitrogens with zero attached hydrogens (tertiary/aromatic N) is 3. The number of hydrogen-bond acceptors (Lipinski definition) is 5. The van der Waals surface area contributed by atoms with Crippen LogP contribution in [0, 0.1) is 0 Å². The molecule has 18 heavy (non-hydrogen) atoms. The van der Waals surface area contributed by atoms with Gasteiger partial charge in [-0.25, -0.2) is 0 Å². The molecular weight excluding hydrogens is 232 g/mol. The third kappa shape index (κ3) is 4.83. The lowest BCUT2D eigenvalue weighted by Gasteiger charge is -2.18. The fourth-order valence-electron chi connectivity index (χ4n) is 1.54. The normalized spacial score (nSPS) is 11.2. The van der Waals surface area contributed by atoms with Gasteiger partial charge in [0, 0.05) is 12.5 Å². The fourth-order valence-corrected chi connectivity index (χ4v) is 1.54.